The molecule has 3 nitrogen and oxygen atoms in total. The van der Waals surface area contributed by atoms with Crippen LogP contribution in [-0.4, -0.2) is 16.1 Å². The zero-order chi connectivity index (χ0) is 12.3. The molecule has 2 unspecified atom stereocenters. The fraction of sp³-hybridized carbons (Fsp3) is 0.786. The van der Waals surface area contributed by atoms with E-state index < -0.39 is 0 Å². The number of aryl methyl sites for hydroxylation is 1. The maximum absolute atomic E-state index is 4.57. The molecule has 0 aliphatic heterocycles. The standard InChI is InChI=1S/C14H25N3/c1-4-8-15-13(11(3)12-6-7-12)14-16-9-10-17(14)5-2/h9-13,15H,4-8H2,1-3H3. The number of rotatable bonds is 7. The molecule has 17 heavy (non-hydrogen) atoms. The summed E-state index contributed by atoms with van der Waals surface area (Å²) in [6.45, 7) is 8.87. The Morgan fingerprint density at radius 1 is 1.47 bits per heavy atom. The fourth-order valence-electron chi connectivity index (χ4n) is 2.57. The summed E-state index contributed by atoms with van der Waals surface area (Å²) in [5, 5.41) is 3.68. The molecular weight excluding hydrogens is 210 g/mol. The van der Waals surface area contributed by atoms with E-state index in [1.165, 1.54) is 25.1 Å². The highest BCUT2D eigenvalue weighted by molar-refractivity contribution is 5.03. The van der Waals surface area contributed by atoms with Crippen LogP contribution in [0.1, 0.15) is 51.9 Å². The van der Waals surface area contributed by atoms with E-state index in [2.05, 4.69) is 41.8 Å². The van der Waals surface area contributed by atoms with Gasteiger partial charge in [0, 0.05) is 18.9 Å². The summed E-state index contributed by atoms with van der Waals surface area (Å²) < 4.78 is 2.27. The Morgan fingerprint density at radius 2 is 2.24 bits per heavy atom. The molecule has 0 amide bonds. The highest BCUT2D eigenvalue weighted by Crippen LogP contribution is 2.42. The predicted molar refractivity (Wildman–Crippen MR) is 70.8 cm³/mol. The molecule has 3 heteroatoms. The Kier molecular flexibility index (Phi) is 4.21. The van der Waals surface area contributed by atoms with Crippen molar-refractivity contribution in [3.63, 3.8) is 0 Å². The predicted octanol–water partition coefficient (Wildman–Crippen LogP) is 2.99. The Balaban J connectivity index is 2.13. The SMILES string of the molecule is CCCNC(c1nccn1CC)C(C)C1CC1. The summed E-state index contributed by atoms with van der Waals surface area (Å²) >= 11 is 0. The molecule has 1 heterocycles. The molecule has 1 N–H and O–H groups in total. The summed E-state index contributed by atoms with van der Waals surface area (Å²) in [4.78, 5) is 4.57. The Morgan fingerprint density at radius 3 is 2.82 bits per heavy atom. The molecule has 1 aliphatic rings. The third kappa shape index (κ3) is 2.89. The molecular formula is C14H25N3. The van der Waals surface area contributed by atoms with Crippen molar-refractivity contribution in [2.45, 2.75) is 52.6 Å². The van der Waals surface area contributed by atoms with Crippen molar-refractivity contribution in [2.24, 2.45) is 11.8 Å². The van der Waals surface area contributed by atoms with Gasteiger partial charge in [0.25, 0.3) is 0 Å². The molecule has 1 fully saturated rings. The molecule has 1 aliphatic carbocycles. The van der Waals surface area contributed by atoms with E-state index in [1.807, 2.05) is 6.20 Å². The first kappa shape index (κ1) is 12.6. The lowest BCUT2D eigenvalue weighted by Crippen LogP contribution is -2.31. The second-order valence-corrected chi connectivity index (χ2v) is 5.20. The number of nitrogens with one attached hydrogen (secondary N) is 1. The highest BCUT2D eigenvalue weighted by Gasteiger charge is 2.35. The smallest absolute Gasteiger partial charge is 0.126 e. The van der Waals surface area contributed by atoms with Gasteiger partial charge in [0.1, 0.15) is 5.82 Å². The Hall–Kier alpha value is -0.830. The van der Waals surface area contributed by atoms with Crippen LogP contribution in [-0.2, 0) is 6.54 Å². The van der Waals surface area contributed by atoms with E-state index in [0.29, 0.717) is 12.0 Å². The molecule has 0 aromatic carbocycles. The van der Waals surface area contributed by atoms with Crippen LogP contribution in [0.4, 0.5) is 0 Å². The lowest BCUT2D eigenvalue weighted by atomic mass is 9.95. The topological polar surface area (TPSA) is 29.9 Å². The molecule has 0 radical (unpaired) electrons. The summed E-state index contributed by atoms with van der Waals surface area (Å²) in [7, 11) is 0. The van der Waals surface area contributed by atoms with Crippen LogP contribution in [0.5, 0.6) is 0 Å². The number of nitrogens with zero attached hydrogens (tertiary/aromatic N) is 2. The molecule has 0 saturated heterocycles. The molecule has 1 aromatic heterocycles. The second-order valence-electron chi connectivity index (χ2n) is 5.20. The van der Waals surface area contributed by atoms with Crippen molar-refractivity contribution in [3.8, 4) is 0 Å². The van der Waals surface area contributed by atoms with Crippen LogP contribution in [0.15, 0.2) is 12.4 Å². The van der Waals surface area contributed by atoms with E-state index in [0.717, 1.165) is 19.0 Å². The van der Waals surface area contributed by atoms with E-state index in [-0.39, 0.29) is 0 Å². The van der Waals surface area contributed by atoms with Crippen molar-refractivity contribution >= 4 is 0 Å². The highest BCUT2D eigenvalue weighted by atomic mass is 15.1. The van der Waals surface area contributed by atoms with Gasteiger partial charge in [-0.15, -0.1) is 0 Å². The molecule has 2 atom stereocenters. The van der Waals surface area contributed by atoms with Gasteiger partial charge in [-0.1, -0.05) is 13.8 Å². The number of hydrogen-bond donors (Lipinski definition) is 1. The molecule has 1 saturated carbocycles. The maximum atomic E-state index is 4.57. The van der Waals surface area contributed by atoms with Crippen LogP contribution in [0.2, 0.25) is 0 Å². The van der Waals surface area contributed by atoms with Gasteiger partial charge < -0.3 is 9.88 Å². The van der Waals surface area contributed by atoms with Gasteiger partial charge in [0.2, 0.25) is 0 Å². The largest absolute Gasteiger partial charge is 0.334 e. The number of imidazole rings is 1. The minimum Gasteiger partial charge on any atom is -0.334 e. The van der Waals surface area contributed by atoms with Crippen molar-refractivity contribution in [1.29, 1.82) is 0 Å². The number of hydrogen-bond acceptors (Lipinski definition) is 2. The molecule has 1 aromatic rings. The minimum atomic E-state index is 0.428. The monoisotopic (exact) mass is 235 g/mol. The fourth-order valence-corrected chi connectivity index (χ4v) is 2.57. The molecule has 2 rings (SSSR count). The summed E-state index contributed by atoms with van der Waals surface area (Å²) in [6, 6.07) is 0.428. The Labute approximate surface area is 105 Å². The lowest BCUT2D eigenvalue weighted by Gasteiger charge is -2.25. The lowest BCUT2D eigenvalue weighted by molar-refractivity contribution is 0.328. The summed E-state index contributed by atoms with van der Waals surface area (Å²) in [5.74, 6) is 2.83. The Bertz CT molecular complexity index is 341. The molecule has 0 bridgehead atoms. The summed E-state index contributed by atoms with van der Waals surface area (Å²) in [6.07, 6.45) is 8.01. The van der Waals surface area contributed by atoms with E-state index in [9.17, 15) is 0 Å². The first-order valence-electron chi connectivity index (χ1n) is 7.02. The maximum Gasteiger partial charge on any atom is 0.126 e. The first-order chi connectivity index (χ1) is 8.27. The third-order valence-corrected chi connectivity index (χ3v) is 3.87. The van der Waals surface area contributed by atoms with Gasteiger partial charge >= 0.3 is 0 Å². The quantitative estimate of drug-likeness (QED) is 0.787. The van der Waals surface area contributed by atoms with Crippen LogP contribution < -0.4 is 5.32 Å². The van der Waals surface area contributed by atoms with Crippen molar-refractivity contribution < 1.29 is 0 Å². The molecule has 96 valence electrons. The van der Waals surface area contributed by atoms with Crippen LogP contribution in [0.3, 0.4) is 0 Å². The van der Waals surface area contributed by atoms with E-state index in [4.69, 9.17) is 0 Å². The van der Waals surface area contributed by atoms with Gasteiger partial charge in [-0.2, -0.15) is 0 Å². The zero-order valence-corrected chi connectivity index (χ0v) is 11.3. The minimum absolute atomic E-state index is 0.428. The van der Waals surface area contributed by atoms with Crippen molar-refractivity contribution in [2.75, 3.05) is 6.54 Å². The second kappa shape index (κ2) is 5.67. The average Bonchev–Trinajstić information content (AvgIpc) is 3.09. The number of aromatic nitrogens is 2. The summed E-state index contributed by atoms with van der Waals surface area (Å²) in [5.41, 5.74) is 0. The van der Waals surface area contributed by atoms with Crippen molar-refractivity contribution in [1.82, 2.24) is 14.9 Å². The van der Waals surface area contributed by atoms with Crippen LogP contribution >= 0.6 is 0 Å². The van der Waals surface area contributed by atoms with Gasteiger partial charge in [-0.05, 0) is 44.6 Å². The zero-order valence-electron chi connectivity index (χ0n) is 11.3. The van der Waals surface area contributed by atoms with Crippen LogP contribution in [0, 0.1) is 11.8 Å². The first-order valence-corrected chi connectivity index (χ1v) is 7.02. The van der Waals surface area contributed by atoms with E-state index in [1.54, 1.807) is 0 Å². The normalized spacial score (nSPS) is 19.2. The third-order valence-electron chi connectivity index (χ3n) is 3.87. The average molecular weight is 235 g/mol. The molecule has 0 spiro atoms. The van der Waals surface area contributed by atoms with Gasteiger partial charge in [0.05, 0.1) is 6.04 Å². The van der Waals surface area contributed by atoms with Gasteiger partial charge in [-0.3, -0.25) is 0 Å². The van der Waals surface area contributed by atoms with Crippen molar-refractivity contribution in [3.05, 3.63) is 18.2 Å². The van der Waals surface area contributed by atoms with E-state index >= 15 is 0 Å². The van der Waals surface area contributed by atoms with Crippen LogP contribution in [0.25, 0.3) is 0 Å². The van der Waals surface area contributed by atoms with Gasteiger partial charge in [-0.25, -0.2) is 4.98 Å². The van der Waals surface area contributed by atoms with Gasteiger partial charge in [0.15, 0.2) is 0 Å².